The Bertz CT molecular complexity index is 1680. The van der Waals surface area contributed by atoms with E-state index < -0.39 is 10.0 Å². The summed E-state index contributed by atoms with van der Waals surface area (Å²) in [4.78, 5) is 12.9. The van der Waals surface area contributed by atoms with Crippen molar-refractivity contribution >= 4 is 49.9 Å². The molecule has 8 nitrogen and oxygen atoms in total. The zero-order valence-corrected chi connectivity index (χ0v) is 21.4. The number of nitrogens with one attached hydrogen (secondary N) is 2. The molecule has 0 unspecified atom stereocenters. The maximum absolute atomic E-state index is 13.1. The van der Waals surface area contributed by atoms with Crippen LogP contribution in [0.4, 0.5) is 11.4 Å². The summed E-state index contributed by atoms with van der Waals surface area (Å²) in [5, 5.41) is 13.0. The molecule has 0 spiro atoms. The van der Waals surface area contributed by atoms with Gasteiger partial charge in [0.2, 0.25) is 10.0 Å². The van der Waals surface area contributed by atoms with Crippen molar-refractivity contribution in [3.63, 3.8) is 0 Å². The van der Waals surface area contributed by atoms with E-state index >= 15 is 0 Å². The number of anilines is 2. The Balaban J connectivity index is 1.58. The Morgan fingerprint density at radius 3 is 2.54 bits per heavy atom. The highest BCUT2D eigenvalue weighted by molar-refractivity contribution is 7.91. The molecule has 4 aromatic rings. The molecule has 0 saturated heterocycles. The SMILES string of the molecule is CNC(=O)c1c(-c2ccc(Cl)cc2)oc2cc(NS(=O)(=O)Cc3ccc(N)c(C#N)c3)c(C3CC3)cc12. The first-order valence-corrected chi connectivity index (χ1v) is 13.6. The number of hydrogen-bond acceptors (Lipinski definition) is 6. The van der Waals surface area contributed by atoms with Crippen molar-refractivity contribution in [3.8, 4) is 17.4 Å². The van der Waals surface area contributed by atoms with Gasteiger partial charge in [0.15, 0.2) is 0 Å². The topological polar surface area (TPSA) is 138 Å². The monoisotopic (exact) mass is 534 g/mol. The van der Waals surface area contributed by atoms with Crippen molar-refractivity contribution in [2.75, 3.05) is 17.5 Å². The van der Waals surface area contributed by atoms with E-state index in [9.17, 15) is 18.5 Å². The predicted molar refractivity (Wildman–Crippen MR) is 144 cm³/mol. The van der Waals surface area contributed by atoms with Gasteiger partial charge in [0.25, 0.3) is 5.91 Å². The summed E-state index contributed by atoms with van der Waals surface area (Å²) in [6.45, 7) is 0. The van der Waals surface area contributed by atoms with Crippen LogP contribution in [0.5, 0.6) is 0 Å². The van der Waals surface area contributed by atoms with Gasteiger partial charge >= 0.3 is 0 Å². The van der Waals surface area contributed by atoms with Gasteiger partial charge in [-0.25, -0.2) is 8.42 Å². The summed E-state index contributed by atoms with van der Waals surface area (Å²) < 4.78 is 35.1. The number of hydrogen-bond donors (Lipinski definition) is 3. The number of halogens is 1. The molecule has 188 valence electrons. The lowest BCUT2D eigenvalue weighted by Gasteiger charge is -2.13. The molecule has 1 saturated carbocycles. The number of rotatable bonds is 7. The minimum Gasteiger partial charge on any atom is -0.455 e. The molecule has 5 rings (SSSR count). The van der Waals surface area contributed by atoms with Crippen LogP contribution in [-0.4, -0.2) is 21.4 Å². The smallest absolute Gasteiger partial charge is 0.255 e. The fraction of sp³-hybridized carbons (Fsp3) is 0.185. The van der Waals surface area contributed by atoms with Gasteiger partial charge in [-0.05, 0) is 72.4 Å². The predicted octanol–water partition coefficient (Wildman–Crippen LogP) is 5.39. The normalized spacial score (nSPS) is 13.3. The molecule has 1 aromatic heterocycles. The van der Waals surface area contributed by atoms with Gasteiger partial charge in [0.05, 0.1) is 22.6 Å². The molecule has 0 bridgehead atoms. The fourth-order valence-corrected chi connectivity index (χ4v) is 5.68. The highest BCUT2D eigenvalue weighted by atomic mass is 35.5. The molecule has 10 heteroatoms. The number of amides is 1. The molecule has 37 heavy (non-hydrogen) atoms. The van der Waals surface area contributed by atoms with Crippen LogP contribution >= 0.6 is 11.6 Å². The van der Waals surface area contributed by atoms with E-state index in [1.54, 1.807) is 43.4 Å². The zero-order valence-electron chi connectivity index (χ0n) is 19.8. The lowest BCUT2D eigenvalue weighted by Crippen LogP contribution is -2.18. The quantitative estimate of drug-likeness (QED) is 0.272. The molecule has 3 aromatic carbocycles. The van der Waals surface area contributed by atoms with Gasteiger partial charge in [0, 0.05) is 34.8 Å². The van der Waals surface area contributed by atoms with Gasteiger partial charge in [-0.2, -0.15) is 5.26 Å². The standard InChI is InChI=1S/C27H23ClN4O4S/c1-31-27(33)25-21-11-20(16-3-4-16)23(12-24(21)36-26(25)17-5-7-19(28)8-6-17)32-37(34,35)14-15-2-9-22(30)18(10-15)13-29/h2,5-12,16,32H,3-4,14,30H2,1H3,(H,31,33). The zero-order chi connectivity index (χ0) is 26.3. The summed E-state index contributed by atoms with van der Waals surface area (Å²) in [7, 11) is -2.29. The summed E-state index contributed by atoms with van der Waals surface area (Å²) >= 11 is 6.04. The Labute approximate surface area is 219 Å². The second kappa shape index (κ2) is 9.47. The molecule has 1 aliphatic carbocycles. The molecule has 0 aliphatic heterocycles. The number of nitrogens with zero attached hydrogens (tertiary/aromatic N) is 1. The van der Waals surface area contributed by atoms with Crippen LogP contribution in [0, 0.1) is 11.3 Å². The minimum absolute atomic E-state index is 0.176. The van der Waals surface area contributed by atoms with E-state index in [4.69, 9.17) is 21.8 Å². The molecule has 0 radical (unpaired) electrons. The third-order valence-corrected chi connectivity index (χ3v) is 7.79. The summed E-state index contributed by atoms with van der Waals surface area (Å²) in [5.74, 6) is -0.0914. The van der Waals surface area contributed by atoms with Gasteiger partial charge in [-0.15, -0.1) is 0 Å². The summed E-state index contributed by atoms with van der Waals surface area (Å²) in [5.41, 5.74) is 9.36. The molecule has 1 heterocycles. The molecule has 4 N–H and O–H groups in total. The molecule has 0 atom stereocenters. The third kappa shape index (κ3) is 4.99. The second-order valence-electron chi connectivity index (χ2n) is 9.00. The number of furan rings is 1. The highest BCUT2D eigenvalue weighted by Crippen LogP contribution is 2.47. The Morgan fingerprint density at radius 2 is 1.89 bits per heavy atom. The molecular weight excluding hydrogens is 512 g/mol. The van der Waals surface area contributed by atoms with Crippen molar-refractivity contribution < 1.29 is 17.6 Å². The van der Waals surface area contributed by atoms with E-state index in [0.717, 1.165) is 18.4 Å². The average Bonchev–Trinajstić information content (AvgIpc) is 3.65. The van der Waals surface area contributed by atoms with Crippen LogP contribution in [0.15, 0.2) is 59.0 Å². The second-order valence-corrected chi connectivity index (χ2v) is 11.2. The summed E-state index contributed by atoms with van der Waals surface area (Å²) in [6, 6.07) is 17.0. The third-order valence-electron chi connectivity index (χ3n) is 6.30. The van der Waals surface area contributed by atoms with E-state index in [-0.39, 0.29) is 23.1 Å². The molecule has 1 amide bonds. The van der Waals surface area contributed by atoms with Crippen LogP contribution in [0.25, 0.3) is 22.3 Å². The number of sulfonamides is 1. The van der Waals surface area contributed by atoms with E-state index in [2.05, 4.69) is 10.0 Å². The van der Waals surface area contributed by atoms with E-state index in [1.807, 2.05) is 12.1 Å². The van der Waals surface area contributed by atoms with Crippen LogP contribution in [0.2, 0.25) is 5.02 Å². The number of nitrogens with two attached hydrogens (primary N) is 1. The van der Waals surface area contributed by atoms with Gasteiger partial charge in [-0.3, -0.25) is 9.52 Å². The maximum atomic E-state index is 13.1. The van der Waals surface area contributed by atoms with Crippen molar-refractivity contribution in [1.29, 1.82) is 5.26 Å². The maximum Gasteiger partial charge on any atom is 0.255 e. The van der Waals surface area contributed by atoms with Crippen molar-refractivity contribution in [1.82, 2.24) is 5.32 Å². The first-order chi connectivity index (χ1) is 17.7. The average molecular weight is 535 g/mol. The van der Waals surface area contributed by atoms with Crippen LogP contribution < -0.4 is 15.8 Å². The number of benzene rings is 3. The number of carbonyl (C=O) groups excluding carboxylic acids is 1. The Hall–Kier alpha value is -4.00. The number of nitrogen functional groups attached to an aromatic ring is 1. The van der Waals surface area contributed by atoms with Gasteiger partial charge in [-0.1, -0.05) is 17.7 Å². The Morgan fingerprint density at radius 1 is 1.16 bits per heavy atom. The number of carbonyl (C=O) groups is 1. The van der Waals surface area contributed by atoms with Gasteiger partial charge in [0.1, 0.15) is 17.4 Å². The lowest BCUT2D eigenvalue weighted by molar-refractivity contribution is 0.0964. The van der Waals surface area contributed by atoms with E-state index in [0.29, 0.717) is 49.8 Å². The molecular formula is C27H23ClN4O4S. The fourth-order valence-electron chi connectivity index (χ4n) is 4.35. The molecule has 1 fully saturated rings. The van der Waals surface area contributed by atoms with Gasteiger partial charge < -0.3 is 15.5 Å². The van der Waals surface area contributed by atoms with Crippen LogP contribution in [-0.2, 0) is 15.8 Å². The molecule has 1 aliphatic rings. The number of nitriles is 1. The Kier molecular flexibility index (Phi) is 6.31. The van der Waals surface area contributed by atoms with Crippen molar-refractivity contribution in [2.45, 2.75) is 24.5 Å². The summed E-state index contributed by atoms with van der Waals surface area (Å²) in [6.07, 6.45) is 1.84. The van der Waals surface area contributed by atoms with E-state index in [1.165, 1.54) is 12.1 Å². The lowest BCUT2D eigenvalue weighted by atomic mass is 10.0. The highest BCUT2D eigenvalue weighted by Gasteiger charge is 2.31. The minimum atomic E-state index is -3.84. The largest absolute Gasteiger partial charge is 0.455 e. The van der Waals surface area contributed by atoms with Crippen molar-refractivity contribution in [3.05, 3.63) is 81.9 Å². The van der Waals surface area contributed by atoms with Crippen molar-refractivity contribution in [2.24, 2.45) is 0 Å². The first-order valence-electron chi connectivity index (χ1n) is 11.6. The number of fused-ring (bicyclic) bond motifs is 1. The first kappa shape index (κ1) is 24.7. The van der Waals surface area contributed by atoms with Crippen LogP contribution in [0.3, 0.4) is 0 Å². The van der Waals surface area contributed by atoms with Crippen LogP contribution in [0.1, 0.15) is 45.8 Å².